The van der Waals surface area contributed by atoms with Gasteiger partial charge in [0.05, 0.1) is 0 Å². The molecule has 3 aromatic heterocycles. The van der Waals surface area contributed by atoms with E-state index < -0.39 is 0 Å². The summed E-state index contributed by atoms with van der Waals surface area (Å²) < 4.78 is 11.4. The van der Waals surface area contributed by atoms with Crippen molar-refractivity contribution < 1.29 is 4.42 Å². The molecular weight excluding hydrogens is 1850 g/mol. The minimum atomic E-state index is 0.885. The lowest BCUT2D eigenvalue weighted by Gasteiger charge is -2.26. The van der Waals surface area contributed by atoms with Crippen molar-refractivity contribution in [3.8, 4) is 134 Å². The Morgan fingerprint density at radius 3 is 0.593 bits per heavy atom. The lowest BCUT2D eigenvalue weighted by molar-refractivity contribution is 0.669. The molecule has 0 spiro atoms. The number of thiophene rings is 2. The van der Waals surface area contributed by atoms with Crippen molar-refractivity contribution in [3.63, 3.8) is 0 Å². The third-order valence-electron chi connectivity index (χ3n) is 28.5. The molecule has 0 N–H and O–H groups in total. The van der Waals surface area contributed by atoms with Crippen LogP contribution in [0.15, 0.2) is 605 Å². The zero-order valence-electron chi connectivity index (χ0n) is 82.2. The molecule has 708 valence electrons. The van der Waals surface area contributed by atoms with Crippen molar-refractivity contribution in [1.29, 1.82) is 0 Å². The Morgan fingerprint density at radius 1 is 0.113 bits per heavy atom. The Hall–Kier alpha value is -19.1. The smallest absolute Gasteiger partial charge is 0.135 e. The molecule has 27 aromatic rings. The van der Waals surface area contributed by atoms with E-state index in [1.807, 2.05) is 34.8 Å². The summed E-state index contributed by atoms with van der Waals surface area (Å²) >= 11 is 3.71. The molecule has 24 aromatic carbocycles. The number of fused-ring (bicyclic) bond motifs is 9. The van der Waals surface area contributed by atoms with Gasteiger partial charge in [0, 0.05) is 102 Å². The van der Waals surface area contributed by atoms with E-state index in [4.69, 9.17) is 4.42 Å². The van der Waals surface area contributed by atoms with Gasteiger partial charge in [0.15, 0.2) is 0 Å². The van der Waals surface area contributed by atoms with Gasteiger partial charge in [0.1, 0.15) is 11.2 Å². The van der Waals surface area contributed by atoms with E-state index in [0.717, 1.165) is 73.1 Å². The van der Waals surface area contributed by atoms with Gasteiger partial charge in [-0.25, -0.2) is 0 Å². The summed E-state index contributed by atoms with van der Waals surface area (Å²) in [6, 6.07) is 216. The summed E-state index contributed by atoms with van der Waals surface area (Å²) in [6.07, 6.45) is 0. The highest BCUT2D eigenvalue weighted by atomic mass is 32.1. The van der Waals surface area contributed by atoms with E-state index in [2.05, 4.69) is 603 Å². The van der Waals surface area contributed by atoms with E-state index in [1.165, 1.54) is 174 Å². The van der Waals surface area contributed by atoms with Crippen LogP contribution in [0.4, 0.5) is 51.2 Å². The summed E-state index contributed by atoms with van der Waals surface area (Å²) in [5.74, 6) is 0. The van der Waals surface area contributed by atoms with Crippen molar-refractivity contribution in [3.05, 3.63) is 601 Å². The van der Waals surface area contributed by atoms with Crippen molar-refractivity contribution in [2.45, 2.75) is 0 Å². The summed E-state index contributed by atoms with van der Waals surface area (Å²) in [4.78, 5) is 7.09. The molecule has 0 unspecified atom stereocenters. The minimum absolute atomic E-state index is 0.885. The van der Waals surface area contributed by atoms with E-state index in [1.54, 1.807) is 0 Å². The topological polar surface area (TPSA) is 22.9 Å². The van der Waals surface area contributed by atoms with Crippen molar-refractivity contribution in [2.75, 3.05) is 14.7 Å². The molecule has 3 heterocycles. The molecule has 0 fully saturated rings. The van der Waals surface area contributed by atoms with Gasteiger partial charge in [0.25, 0.3) is 0 Å². The van der Waals surface area contributed by atoms with Gasteiger partial charge < -0.3 is 19.1 Å². The van der Waals surface area contributed by atoms with E-state index >= 15 is 0 Å². The molecule has 150 heavy (non-hydrogen) atoms. The zero-order chi connectivity index (χ0) is 99.8. The van der Waals surface area contributed by atoms with Crippen LogP contribution in [-0.4, -0.2) is 0 Å². The second kappa shape index (κ2) is 41.9. The number of rotatable bonds is 21. The first-order valence-electron chi connectivity index (χ1n) is 51.0. The van der Waals surface area contributed by atoms with Crippen molar-refractivity contribution >= 4 is 136 Å². The van der Waals surface area contributed by atoms with Crippen LogP contribution in [0, 0.1) is 0 Å². The SMILES string of the molecule is c1ccc(-c2ccccc2-c2ccc(N(c3ccc(-c4ccccc4-c4ccccc4)cc3)c3ccc4c(c3)sc3ccccc34)cc2)cc1.c1ccc(-c2ccccc2-c2ccc(N(c3ccc(-c4ccccc4-c4ccccc4)cc3)c3ccc4oc5ccccc5c4c3)cc2)cc1.c1ccc(-c2ccccc2-c2ccc(N(c3ccc(-c4ccccc4-c4ccccc4)cc3)c3ccc4sc5ccccc5c4c3)cc2)cc1. The maximum atomic E-state index is 6.20. The van der Waals surface area contributed by atoms with Crippen LogP contribution < -0.4 is 14.7 Å². The molecule has 27 rings (SSSR count). The van der Waals surface area contributed by atoms with Crippen LogP contribution in [0.3, 0.4) is 0 Å². The first kappa shape index (κ1) is 92.1. The predicted molar refractivity (Wildman–Crippen MR) is 642 cm³/mol. The fraction of sp³-hybridized carbons (Fsp3) is 0. The van der Waals surface area contributed by atoms with Gasteiger partial charge in [0.2, 0.25) is 0 Å². The summed E-state index contributed by atoms with van der Waals surface area (Å²) in [5.41, 5.74) is 40.9. The van der Waals surface area contributed by atoms with Gasteiger partial charge in [-0.2, -0.15) is 0 Å². The zero-order valence-corrected chi connectivity index (χ0v) is 83.9. The van der Waals surface area contributed by atoms with Crippen LogP contribution in [0.5, 0.6) is 0 Å². The first-order valence-corrected chi connectivity index (χ1v) is 52.7. The minimum Gasteiger partial charge on any atom is -0.456 e. The highest BCUT2D eigenvalue weighted by Gasteiger charge is 2.24. The molecule has 0 radical (unpaired) electrons. The van der Waals surface area contributed by atoms with E-state index in [-0.39, 0.29) is 0 Å². The molecule has 0 bridgehead atoms. The summed E-state index contributed by atoms with van der Waals surface area (Å²) in [5, 5.41) is 7.42. The molecule has 0 saturated carbocycles. The van der Waals surface area contributed by atoms with Crippen LogP contribution in [0.1, 0.15) is 0 Å². The highest BCUT2D eigenvalue weighted by molar-refractivity contribution is 7.26. The van der Waals surface area contributed by atoms with Gasteiger partial charge >= 0.3 is 0 Å². The molecule has 4 nitrogen and oxygen atoms in total. The van der Waals surface area contributed by atoms with Crippen LogP contribution >= 0.6 is 22.7 Å². The molecule has 0 aliphatic rings. The number of benzene rings is 24. The largest absolute Gasteiger partial charge is 0.456 e. The Morgan fingerprint density at radius 2 is 0.300 bits per heavy atom. The van der Waals surface area contributed by atoms with E-state index in [9.17, 15) is 0 Å². The second-order valence-corrected chi connectivity index (χ2v) is 39.8. The van der Waals surface area contributed by atoms with Gasteiger partial charge in [-0.3, -0.25) is 0 Å². The van der Waals surface area contributed by atoms with Gasteiger partial charge in [-0.1, -0.05) is 461 Å². The third-order valence-corrected chi connectivity index (χ3v) is 30.8. The Kier molecular flexibility index (Phi) is 25.7. The van der Waals surface area contributed by atoms with E-state index in [0.29, 0.717) is 0 Å². The lowest BCUT2D eigenvalue weighted by atomic mass is 9.94. The molecule has 0 aliphatic carbocycles. The van der Waals surface area contributed by atoms with Crippen LogP contribution in [0.25, 0.3) is 196 Å². The average molecular weight is 1950 g/mol. The average Bonchev–Trinajstić information content (AvgIpc) is 1.43. The second-order valence-electron chi connectivity index (χ2n) is 37.6. The molecular formula is C144H99N3OS2. The predicted octanol–water partition coefficient (Wildman–Crippen LogP) is 42.1. The Balaban J connectivity index is 0.000000116. The Bertz CT molecular complexity index is 8690. The molecule has 0 aliphatic heterocycles. The summed E-state index contributed by atoms with van der Waals surface area (Å²) in [7, 11) is 0. The maximum absolute atomic E-state index is 6.20. The fourth-order valence-electron chi connectivity index (χ4n) is 21.3. The summed E-state index contributed by atoms with van der Waals surface area (Å²) in [6.45, 7) is 0. The quantitative estimate of drug-likeness (QED) is 0.0715. The maximum Gasteiger partial charge on any atom is 0.135 e. The third kappa shape index (κ3) is 18.8. The Labute approximate surface area is 882 Å². The van der Waals surface area contributed by atoms with Crippen molar-refractivity contribution in [1.82, 2.24) is 0 Å². The standard InChI is InChI=1S/C48H33NO.2C48H33NS/c2*1-3-13-34(14-4-1)41-17-7-9-19-43(41)36-23-27-38(28-24-36)49(40-31-32-48-46(33-40)45-21-11-12-22-47(45)50-48)39-29-25-37(26-30-39)44-20-10-8-18-42(44)35-15-5-2-6-16-35;1-3-13-34(14-4-1)41-17-7-9-19-43(41)36-23-27-38(28-24-36)49(40-31-32-46-45-21-11-12-22-47(45)50-48(46)33-40)39-29-25-37(26-30-39)44-20-10-8-18-42(44)35-15-5-2-6-16-35/h3*1-33H. The normalized spacial score (nSPS) is 11.2. The van der Waals surface area contributed by atoms with Gasteiger partial charge in [-0.05, 0) is 273 Å². The van der Waals surface area contributed by atoms with Gasteiger partial charge in [-0.15, -0.1) is 22.7 Å². The number of furan rings is 1. The number of hydrogen-bond donors (Lipinski definition) is 0. The number of nitrogens with zero attached hydrogens (tertiary/aromatic N) is 3. The van der Waals surface area contributed by atoms with Crippen LogP contribution in [0.2, 0.25) is 0 Å². The molecule has 0 amide bonds. The fourth-order valence-corrected chi connectivity index (χ4v) is 23.5. The highest BCUT2D eigenvalue weighted by Crippen LogP contribution is 2.50. The monoisotopic (exact) mass is 1950 g/mol. The molecule has 0 atom stereocenters. The molecule has 0 saturated heterocycles. The first-order chi connectivity index (χ1) is 74.4. The van der Waals surface area contributed by atoms with Crippen LogP contribution in [-0.2, 0) is 0 Å². The molecule has 6 heteroatoms. The number of hydrogen-bond acceptors (Lipinski definition) is 6. The number of para-hydroxylation sites is 1. The lowest BCUT2D eigenvalue weighted by Crippen LogP contribution is -2.09. The van der Waals surface area contributed by atoms with Crippen molar-refractivity contribution in [2.24, 2.45) is 0 Å². The number of anilines is 9.